The molecule has 0 aliphatic carbocycles. The predicted octanol–water partition coefficient (Wildman–Crippen LogP) is 3.02. The zero-order valence-corrected chi connectivity index (χ0v) is 10.7. The summed E-state index contributed by atoms with van der Waals surface area (Å²) in [6.07, 6.45) is 3.72. The summed E-state index contributed by atoms with van der Waals surface area (Å²) in [4.78, 5) is 0. The van der Waals surface area contributed by atoms with Crippen molar-refractivity contribution < 1.29 is 14.6 Å². The highest BCUT2D eigenvalue weighted by Gasteiger charge is 2.03. The van der Waals surface area contributed by atoms with E-state index in [2.05, 4.69) is 13.8 Å². The Bertz CT molecular complexity index is 295. The van der Waals surface area contributed by atoms with Gasteiger partial charge in [-0.25, -0.2) is 0 Å². The molecule has 0 saturated heterocycles. The van der Waals surface area contributed by atoms with Gasteiger partial charge in [0.25, 0.3) is 0 Å². The number of ether oxygens (including phenoxy) is 2. The molecule has 0 aromatic heterocycles. The van der Waals surface area contributed by atoms with Crippen LogP contribution in [0, 0.1) is 0 Å². The highest BCUT2D eigenvalue weighted by Crippen LogP contribution is 2.19. The molecule has 1 aromatic rings. The lowest BCUT2D eigenvalue weighted by Gasteiger charge is -2.14. The highest BCUT2D eigenvalue weighted by atomic mass is 16.5. The third-order valence-electron chi connectivity index (χ3n) is 2.49. The first kappa shape index (κ1) is 13.8. The first-order chi connectivity index (χ1) is 8.26. The largest absolute Gasteiger partial charge is 0.491 e. The van der Waals surface area contributed by atoms with E-state index in [1.165, 1.54) is 12.8 Å². The van der Waals surface area contributed by atoms with Gasteiger partial charge in [-0.05, 0) is 37.6 Å². The Morgan fingerprint density at radius 3 is 2.41 bits per heavy atom. The zero-order chi connectivity index (χ0) is 12.5. The van der Waals surface area contributed by atoms with Gasteiger partial charge in [-0.3, -0.25) is 0 Å². The lowest BCUT2D eigenvalue weighted by atomic mass is 10.2. The molecule has 0 bridgehead atoms. The molecule has 17 heavy (non-hydrogen) atoms. The highest BCUT2D eigenvalue weighted by molar-refractivity contribution is 5.31. The topological polar surface area (TPSA) is 38.7 Å². The number of hydrogen-bond acceptors (Lipinski definition) is 3. The Morgan fingerprint density at radius 1 is 1.18 bits per heavy atom. The molecule has 1 N–H and O–H groups in total. The molecule has 0 aliphatic rings. The van der Waals surface area contributed by atoms with Crippen molar-refractivity contribution in [3.05, 3.63) is 24.3 Å². The molecule has 1 atom stereocenters. The number of aliphatic hydroxyl groups excluding tert-OH is 1. The molecule has 1 aromatic carbocycles. The fraction of sp³-hybridized carbons (Fsp3) is 0.571. The summed E-state index contributed by atoms with van der Waals surface area (Å²) in [5.41, 5.74) is 0. The lowest BCUT2D eigenvalue weighted by molar-refractivity contribution is 0.199. The zero-order valence-electron chi connectivity index (χ0n) is 10.7. The molecule has 0 spiro atoms. The van der Waals surface area contributed by atoms with Crippen LogP contribution in [0.5, 0.6) is 11.5 Å². The Balaban J connectivity index is 2.39. The van der Waals surface area contributed by atoms with Crippen molar-refractivity contribution in [2.45, 2.75) is 39.2 Å². The predicted molar refractivity (Wildman–Crippen MR) is 68.6 cm³/mol. The first-order valence-electron chi connectivity index (χ1n) is 6.26. The van der Waals surface area contributed by atoms with E-state index in [1.807, 2.05) is 24.3 Å². The molecule has 0 radical (unpaired) electrons. The second-order valence-electron chi connectivity index (χ2n) is 4.11. The normalized spacial score (nSPS) is 12.2. The number of benzene rings is 1. The maximum absolute atomic E-state index is 8.63. The summed E-state index contributed by atoms with van der Waals surface area (Å²) < 4.78 is 11.0. The van der Waals surface area contributed by atoms with Gasteiger partial charge in [-0.1, -0.05) is 19.8 Å². The minimum Gasteiger partial charge on any atom is -0.491 e. The molecule has 0 aliphatic heterocycles. The van der Waals surface area contributed by atoms with Crippen molar-refractivity contribution >= 4 is 0 Å². The SMILES string of the molecule is CCCCC(C)Oc1ccc(OCCO)cc1. The Hall–Kier alpha value is -1.22. The van der Waals surface area contributed by atoms with E-state index in [0.29, 0.717) is 6.61 Å². The van der Waals surface area contributed by atoms with Crippen molar-refractivity contribution in [2.75, 3.05) is 13.2 Å². The number of unbranched alkanes of at least 4 members (excludes halogenated alkanes) is 1. The van der Waals surface area contributed by atoms with E-state index >= 15 is 0 Å². The average Bonchev–Trinajstić information content (AvgIpc) is 2.35. The second kappa shape index (κ2) is 7.96. The van der Waals surface area contributed by atoms with E-state index in [4.69, 9.17) is 14.6 Å². The molecule has 0 saturated carbocycles. The summed E-state index contributed by atoms with van der Waals surface area (Å²) >= 11 is 0. The van der Waals surface area contributed by atoms with Crippen molar-refractivity contribution in [2.24, 2.45) is 0 Å². The minimum absolute atomic E-state index is 0.0340. The Labute approximate surface area is 103 Å². The standard InChI is InChI=1S/C14H22O3/c1-3-4-5-12(2)17-14-8-6-13(7-9-14)16-11-10-15/h6-9,12,15H,3-5,10-11H2,1-2H3. The fourth-order valence-corrected chi connectivity index (χ4v) is 1.56. The number of rotatable bonds is 8. The third-order valence-corrected chi connectivity index (χ3v) is 2.49. The van der Waals surface area contributed by atoms with Gasteiger partial charge in [-0.15, -0.1) is 0 Å². The van der Waals surface area contributed by atoms with E-state index < -0.39 is 0 Å². The van der Waals surface area contributed by atoms with Gasteiger partial charge in [0, 0.05) is 0 Å². The molecule has 3 heteroatoms. The molecule has 96 valence electrons. The maximum atomic E-state index is 8.63. The Kier molecular flexibility index (Phi) is 6.48. The van der Waals surface area contributed by atoms with E-state index in [1.54, 1.807) is 0 Å². The van der Waals surface area contributed by atoms with Crippen molar-refractivity contribution in [3.63, 3.8) is 0 Å². The molecule has 1 unspecified atom stereocenters. The van der Waals surface area contributed by atoms with Gasteiger partial charge in [0.05, 0.1) is 12.7 Å². The van der Waals surface area contributed by atoms with Gasteiger partial charge < -0.3 is 14.6 Å². The number of aliphatic hydroxyl groups is 1. The minimum atomic E-state index is 0.0340. The van der Waals surface area contributed by atoms with Crippen LogP contribution in [0.2, 0.25) is 0 Å². The molecular weight excluding hydrogens is 216 g/mol. The van der Waals surface area contributed by atoms with Crippen LogP contribution < -0.4 is 9.47 Å². The molecule has 0 fully saturated rings. The van der Waals surface area contributed by atoms with Crippen LogP contribution in [0.15, 0.2) is 24.3 Å². The van der Waals surface area contributed by atoms with Crippen molar-refractivity contribution in [1.82, 2.24) is 0 Å². The van der Waals surface area contributed by atoms with Crippen LogP contribution >= 0.6 is 0 Å². The summed E-state index contributed by atoms with van der Waals surface area (Å²) in [7, 11) is 0. The van der Waals surface area contributed by atoms with Gasteiger partial charge in [0.1, 0.15) is 18.1 Å². The molecular formula is C14H22O3. The average molecular weight is 238 g/mol. The molecule has 1 rings (SSSR count). The summed E-state index contributed by atoms with van der Waals surface area (Å²) in [5, 5.41) is 8.63. The van der Waals surface area contributed by atoms with Crippen LogP contribution in [0.3, 0.4) is 0 Å². The fourth-order valence-electron chi connectivity index (χ4n) is 1.56. The van der Waals surface area contributed by atoms with Crippen LogP contribution in [0.25, 0.3) is 0 Å². The monoisotopic (exact) mass is 238 g/mol. The van der Waals surface area contributed by atoms with Gasteiger partial charge in [0.15, 0.2) is 0 Å². The lowest BCUT2D eigenvalue weighted by Crippen LogP contribution is -2.11. The van der Waals surface area contributed by atoms with Crippen LogP contribution in [-0.4, -0.2) is 24.4 Å². The second-order valence-corrected chi connectivity index (χ2v) is 4.11. The quantitative estimate of drug-likeness (QED) is 0.756. The summed E-state index contributed by atoms with van der Waals surface area (Å²) in [6, 6.07) is 7.51. The van der Waals surface area contributed by atoms with Gasteiger partial charge >= 0.3 is 0 Å². The van der Waals surface area contributed by atoms with Crippen molar-refractivity contribution in [1.29, 1.82) is 0 Å². The van der Waals surface area contributed by atoms with Crippen LogP contribution in [0.1, 0.15) is 33.1 Å². The molecule has 0 amide bonds. The third kappa shape index (κ3) is 5.59. The maximum Gasteiger partial charge on any atom is 0.119 e. The summed E-state index contributed by atoms with van der Waals surface area (Å²) in [6.45, 7) is 4.63. The summed E-state index contributed by atoms with van der Waals surface area (Å²) in [5.74, 6) is 1.62. The van der Waals surface area contributed by atoms with Crippen LogP contribution in [0.4, 0.5) is 0 Å². The van der Waals surface area contributed by atoms with Gasteiger partial charge in [-0.2, -0.15) is 0 Å². The van der Waals surface area contributed by atoms with Crippen LogP contribution in [-0.2, 0) is 0 Å². The van der Waals surface area contributed by atoms with Gasteiger partial charge in [0.2, 0.25) is 0 Å². The first-order valence-corrected chi connectivity index (χ1v) is 6.26. The van der Waals surface area contributed by atoms with Crippen molar-refractivity contribution in [3.8, 4) is 11.5 Å². The molecule has 0 heterocycles. The van der Waals surface area contributed by atoms with E-state index in [9.17, 15) is 0 Å². The van der Waals surface area contributed by atoms with E-state index in [-0.39, 0.29) is 12.7 Å². The number of hydrogen-bond donors (Lipinski definition) is 1. The smallest absolute Gasteiger partial charge is 0.119 e. The van der Waals surface area contributed by atoms with E-state index in [0.717, 1.165) is 17.9 Å². The molecule has 3 nitrogen and oxygen atoms in total. The Morgan fingerprint density at radius 2 is 1.82 bits per heavy atom.